The standard InChI is InChI=1S/C25H25N3O5/c1-15-5-6-16(2)21(9-15)32-14-24(29)27-19-8-7-17(3)22(11-19)31-13-20-12-25(30)28-23(26-20)10-18(4)33-28/h5-12H,13-14H2,1-4H3,(H,27,29). The Labute approximate surface area is 190 Å². The molecule has 1 amide bonds. The van der Waals surface area contributed by atoms with Crippen molar-refractivity contribution in [3.8, 4) is 11.5 Å². The van der Waals surface area contributed by atoms with E-state index in [-0.39, 0.29) is 24.7 Å². The Morgan fingerprint density at radius 3 is 2.48 bits per heavy atom. The third-order valence-corrected chi connectivity index (χ3v) is 5.07. The van der Waals surface area contributed by atoms with E-state index < -0.39 is 0 Å². The van der Waals surface area contributed by atoms with Crippen LogP contribution in [0.3, 0.4) is 0 Å². The van der Waals surface area contributed by atoms with Crippen molar-refractivity contribution in [2.45, 2.75) is 34.3 Å². The molecule has 0 saturated heterocycles. The highest BCUT2D eigenvalue weighted by atomic mass is 16.5. The molecule has 0 unspecified atom stereocenters. The molecule has 0 radical (unpaired) electrons. The summed E-state index contributed by atoms with van der Waals surface area (Å²) in [6, 6.07) is 14.3. The number of hydrogen-bond acceptors (Lipinski definition) is 6. The van der Waals surface area contributed by atoms with Gasteiger partial charge in [-0.2, -0.15) is 0 Å². The predicted molar refractivity (Wildman–Crippen MR) is 124 cm³/mol. The Morgan fingerprint density at radius 1 is 0.970 bits per heavy atom. The van der Waals surface area contributed by atoms with Gasteiger partial charge in [0.05, 0.1) is 5.69 Å². The molecule has 8 nitrogen and oxygen atoms in total. The lowest BCUT2D eigenvalue weighted by Gasteiger charge is -2.13. The van der Waals surface area contributed by atoms with E-state index in [2.05, 4.69) is 10.3 Å². The first kappa shape index (κ1) is 22.1. The van der Waals surface area contributed by atoms with E-state index in [0.717, 1.165) is 21.3 Å². The molecule has 2 aromatic heterocycles. The van der Waals surface area contributed by atoms with E-state index in [1.807, 2.05) is 45.0 Å². The molecule has 8 heteroatoms. The number of hydrogen-bond donors (Lipinski definition) is 1. The first-order valence-electron chi connectivity index (χ1n) is 10.5. The SMILES string of the molecule is Cc1ccc(C)c(OCC(=O)Nc2ccc(C)c(OCc3cc(=O)n4oc(C)cc4n3)c2)c1. The normalized spacial score (nSPS) is 10.9. The van der Waals surface area contributed by atoms with Crippen molar-refractivity contribution in [1.29, 1.82) is 0 Å². The van der Waals surface area contributed by atoms with Crippen molar-refractivity contribution in [2.75, 3.05) is 11.9 Å². The molecule has 4 rings (SSSR count). The monoisotopic (exact) mass is 447 g/mol. The number of carbonyl (C=O) groups excluding carboxylic acids is 1. The summed E-state index contributed by atoms with van der Waals surface area (Å²) >= 11 is 0. The zero-order valence-electron chi connectivity index (χ0n) is 19.0. The maximum Gasteiger partial charge on any atom is 0.287 e. The fraction of sp³-hybridized carbons (Fsp3) is 0.240. The summed E-state index contributed by atoms with van der Waals surface area (Å²) in [4.78, 5) is 29.0. The predicted octanol–water partition coefficient (Wildman–Crippen LogP) is 4.12. The van der Waals surface area contributed by atoms with Gasteiger partial charge in [0.1, 0.15) is 23.9 Å². The van der Waals surface area contributed by atoms with E-state index >= 15 is 0 Å². The second kappa shape index (κ2) is 9.20. The van der Waals surface area contributed by atoms with Gasteiger partial charge in [0.2, 0.25) is 0 Å². The number of nitrogens with zero attached hydrogens (tertiary/aromatic N) is 2. The van der Waals surface area contributed by atoms with Crippen molar-refractivity contribution < 1.29 is 18.8 Å². The molecule has 0 aliphatic carbocycles. The van der Waals surface area contributed by atoms with Crippen LogP contribution in [0.15, 0.2) is 57.8 Å². The summed E-state index contributed by atoms with van der Waals surface area (Å²) in [6.07, 6.45) is 0. The molecule has 33 heavy (non-hydrogen) atoms. The molecular weight excluding hydrogens is 422 g/mol. The molecular formula is C25H25N3O5. The molecule has 0 saturated carbocycles. The molecule has 2 aromatic carbocycles. The quantitative estimate of drug-likeness (QED) is 0.458. The number of anilines is 1. The molecule has 0 atom stereocenters. The van der Waals surface area contributed by atoms with Gasteiger partial charge in [0.25, 0.3) is 11.5 Å². The lowest BCUT2D eigenvalue weighted by atomic mass is 10.1. The van der Waals surface area contributed by atoms with E-state index in [9.17, 15) is 9.59 Å². The summed E-state index contributed by atoms with van der Waals surface area (Å²) in [5.74, 6) is 1.58. The molecule has 170 valence electrons. The van der Waals surface area contributed by atoms with Crippen LogP contribution >= 0.6 is 0 Å². The van der Waals surface area contributed by atoms with Gasteiger partial charge < -0.3 is 19.3 Å². The Balaban J connectivity index is 1.40. The fourth-order valence-electron chi connectivity index (χ4n) is 3.34. The minimum absolute atomic E-state index is 0.101. The molecule has 0 bridgehead atoms. The van der Waals surface area contributed by atoms with Gasteiger partial charge in [-0.25, -0.2) is 4.98 Å². The minimum Gasteiger partial charge on any atom is -0.487 e. The van der Waals surface area contributed by atoms with E-state index in [0.29, 0.717) is 34.3 Å². The zero-order valence-corrected chi connectivity index (χ0v) is 19.0. The van der Waals surface area contributed by atoms with E-state index in [4.69, 9.17) is 14.0 Å². The molecule has 0 aliphatic rings. The molecule has 4 aromatic rings. The number of aryl methyl sites for hydroxylation is 4. The number of carbonyl (C=O) groups is 1. The van der Waals surface area contributed by atoms with Crippen LogP contribution in [0.25, 0.3) is 5.65 Å². The number of fused-ring (bicyclic) bond motifs is 1. The van der Waals surface area contributed by atoms with Gasteiger partial charge in [-0.3, -0.25) is 9.59 Å². The Hall–Kier alpha value is -4.07. The first-order chi connectivity index (χ1) is 15.8. The van der Waals surface area contributed by atoms with Crippen LogP contribution in [0.2, 0.25) is 0 Å². The number of rotatable bonds is 7. The summed E-state index contributed by atoms with van der Waals surface area (Å²) in [5, 5.41) is 2.82. The maximum absolute atomic E-state index is 12.4. The van der Waals surface area contributed by atoms with Crippen LogP contribution in [0.4, 0.5) is 5.69 Å². The van der Waals surface area contributed by atoms with Gasteiger partial charge in [-0.15, -0.1) is 4.57 Å². The van der Waals surface area contributed by atoms with Crippen LogP contribution in [-0.4, -0.2) is 22.1 Å². The maximum atomic E-state index is 12.4. The van der Waals surface area contributed by atoms with Crippen LogP contribution in [0, 0.1) is 27.7 Å². The highest BCUT2D eigenvalue weighted by Crippen LogP contribution is 2.24. The van der Waals surface area contributed by atoms with Crippen molar-refractivity contribution in [1.82, 2.24) is 9.56 Å². The van der Waals surface area contributed by atoms with Crippen LogP contribution in [0.1, 0.15) is 28.1 Å². The minimum atomic E-state index is -0.312. The summed E-state index contributed by atoms with van der Waals surface area (Å²) < 4.78 is 18.0. The number of benzene rings is 2. The topological polar surface area (TPSA) is 95.1 Å². The number of amides is 1. The number of aromatic nitrogens is 2. The van der Waals surface area contributed by atoms with Gasteiger partial charge in [-0.1, -0.05) is 18.2 Å². The average Bonchev–Trinajstić information content (AvgIpc) is 3.15. The third-order valence-electron chi connectivity index (χ3n) is 5.07. The average molecular weight is 447 g/mol. The van der Waals surface area contributed by atoms with Crippen molar-refractivity contribution in [2.24, 2.45) is 0 Å². The van der Waals surface area contributed by atoms with Crippen molar-refractivity contribution in [3.63, 3.8) is 0 Å². The number of nitrogens with one attached hydrogen (secondary N) is 1. The molecule has 0 aliphatic heterocycles. The lowest BCUT2D eigenvalue weighted by molar-refractivity contribution is -0.118. The molecule has 2 heterocycles. The van der Waals surface area contributed by atoms with E-state index in [1.165, 1.54) is 6.07 Å². The second-order valence-electron chi connectivity index (χ2n) is 7.96. The van der Waals surface area contributed by atoms with Gasteiger partial charge in [0, 0.05) is 23.9 Å². The Morgan fingerprint density at radius 2 is 1.70 bits per heavy atom. The lowest BCUT2D eigenvalue weighted by Crippen LogP contribution is -2.20. The van der Waals surface area contributed by atoms with E-state index in [1.54, 1.807) is 25.1 Å². The third kappa shape index (κ3) is 5.23. The second-order valence-corrected chi connectivity index (χ2v) is 7.96. The van der Waals surface area contributed by atoms with Gasteiger partial charge >= 0.3 is 0 Å². The summed E-state index contributed by atoms with van der Waals surface area (Å²) in [7, 11) is 0. The van der Waals surface area contributed by atoms with Crippen molar-refractivity contribution in [3.05, 3.63) is 87.0 Å². The highest BCUT2D eigenvalue weighted by Gasteiger charge is 2.10. The van der Waals surface area contributed by atoms with Gasteiger partial charge in [0.15, 0.2) is 12.3 Å². The van der Waals surface area contributed by atoms with Crippen LogP contribution in [-0.2, 0) is 11.4 Å². The largest absolute Gasteiger partial charge is 0.487 e. The first-order valence-corrected chi connectivity index (χ1v) is 10.5. The number of ether oxygens (including phenoxy) is 2. The van der Waals surface area contributed by atoms with Crippen LogP contribution in [0.5, 0.6) is 11.5 Å². The summed E-state index contributed by atoms with van der Waals surface area (Å²) in [5.41, 5.74) is 4.10. The van der Waals surface area contributed by atoms with Crippen molar-refractivity contribution >= 4 is 17.2 Å². The van der Waals surface area contributed by atoms with Crippen LogP contribution < -0.4 is 20.3 Å². The molecule has 1 N–H and O–H groups in total. The molecule has 0 spiro atoms. The zero-order chi connectivity index (χ0) is 23.5. The van der Waals surface area contributed by atoms with Gasteiger partial charge in [-0.05, 0) is 56.5 Å². The Bertz CT molecular complexity index is 1390. The summed E-state index contributed by atoms with van der Waals surface area (Å²) in [6.45, 7) is 7.55. The Kier molecular flexibility index (Phi) is 6.17. The fourth-order valence-corrected chi connectivity index (χ4v) is 3.34. The molecule has 0 fully saturated rings. The smallest absolute Gasteiger partial charge is 0.287 e. The highest BCUT2D eigenvalue weighted by molar-refractivity contribution is 5.92.